The smallest absolute Gasteiger partial charge is 0.230 e. The number of aromatic nitrogens is 2. The molecule has 0 aliphatic heterocycles. The number of H-pyrrole nitrogens is 1. The number of thioether (sulfide) groups is 1. The van der Waals surface area contributed by atoms with Crippen molar-refractivity contribution in [3.8, 4) is 22.6 Å². The van der Waals surface area contributed by atoms with Gasteiger partial charge >= 0.3 is 0 Å². The Balaban J connectivity index is 1.52. The van der Waals surface area contributed by atoms with Crippen LogP contribution < -0.4 is 5.32 Å². The van der Waals surface area contributed by atoms with Crippen molar-refractivity contribution in [2.45, 2.75) is 11.6 Å². The number of rotatable bonds is 7. The first kappa shape index (κ1) is 19.4. The number of nitrogens with zero attached hydrogens (tertiary/aromatic N) is 1. The minimum absolute atomic E-state index is 0.0820. The number of aromatic amines is 1. The number of nitrogens with one attached hydrogen (secondary N) is 2. The zero-order chi connectivity index (χ0) is 20.1. The largest absolute Gasteiger partial charge is 0.467 e. The van der Waals surface area contributed by atoms with Gasteiger partial charge < -0.3 is 14.7 Å². The molecule has 0 saturated carbocycles. The lowest BCUT2D eigenvalue weighted by molar-refractivity contribution is -0.118. The van der Waals surface area contributed by atoms with Crippen LogP contribution in [0.5, 0.6) is 0 Å². The fraction of sp³-hybridized carbons (Fsp3) is 0.0909. The Kier molecular flexibility index (Phi) is 6.03. The standard InChI is InChI=1S/C22H18ClN3O2S/c23-17-10-8-16(9-11-17)21-25-20(15-5-2-1-3-6-15)22(26-21)29-14-19(27)24-13-18-7-4-12-28-18/h1-12H,13-14H2,(H,24,27)(H,25,26). The van der Waals surface area contributed by atoms with Gasteiger partial charge in [-0.05, 0) is 36.4 Å². The van der Waals surface area contributed by atoms with Crippen molar-refractivity contribution in [2.75, 3.05) is 5.75 Å². The minimum Gasteiger partial charge on any atom is -0.467 e. The Morgan fingerprint density at radius 2 is 1.83 bits per heavy atom. The number of carbonyl (C=O) groups excluding carboxylic acids is 1. The number of amides is 1. The molecule has 0 bridgehead atoms. The molecule has 2 aromatic heterocycles. The van der Waals surface area contributed by atoms with E-state index in [1.807, 2.05) is 60.7 Å². The van der Waals surface area contributed by atoms with Gasteiger partial charge in [0.05, 0.1) is 24.3 Å². The average Bonchev–Trinajstić information content (AvgIpc) is 3.42. The van der Waals surface area contributed by atoms with Crippen molar-refractivity contribution < 1.29 is 9.21 Å². The Morgan fingerprint density at radius 3 is 2.55 bits per heavy atom. The molecule has 146 valence electrons. The van der Waals surface area contributed by atoms with Gasteiger partial charge in [0.1, 0.15) is 16.6 Å². The third kappa shape index (κ3) is 4.91. The lowest BCUT2D eigenvalue weighted by atomic mass is 10.2. The van der Waals surface area contributed by atoms with Gasteiger partial charge in [-0.15, -0.1) is 0 Å². The molecule has 1 amide bonds. The average molecular weight is 424 g/mol. The Hall–Kier alpha value is -2.96. The monoisotopic (exact) mass is 423 g/mol. The quantitative estimate of drug-likeness (QED) is 0.390. The lowest BCUT2D eigenvalue weighted by Crippen LogP contribution is -2.24. The molecule has 4 aromatic rings. The molecule has 0 aliphatic carbocycles. The molecule has 0 fully saturated rings. The van der Waals surface area contributed by atoms with E-state index in [9.17, 15) is 4.79 Å². The van der Waals surface area contributed by atoms with Crippen molar-refractivity contribution in [2.24, 2.45) is 0 Å². The molecule has 2 aromatic carbocycles. The SMILES string of the molecule is O=C(CSc1nc(-c2ccc(Cl)cc2)[nH]c1-c1ccccc1)NCc1ccco1. The van der Waals surface area contributed by atoms with Crippen LogP contribution in [-0.4, -0.2) is 21.6 Å². The van der Waals surface area contributed by atoms with Crippen LogP contribution in [-0.2, 0) is 11.3 Å². The van der Waals surface area contributed by atoms with E-state index in [2.05, 4.69) is 10.3 Å². The Bertz CT molecular complexity index is 1080. The third-order valence-electron chi connectivity index (χ3n) is 4.23. The summed E-state index contributed by atoms with van der Waals surface area (Å²) in [6.45, 7) is 0.370. The molecule has 2 N–H and O–H groups in total. The molecular formula is C22H18ClN3O2S. The molecule has 5 nitrogen and oxygen atoms in total. The number of imidazole rings is 1. The van der Waals surface area contributed by atoms with Crippen molar-refractivity contribution in [1.29, 1.82) is 0 Å². The second-order valence-electron chi connectivity index (χ2n) is 6.28. The first-order chi connectivity index (χ1) is 14.2. The summed E-state index contributed by atoms with van der Waals surface area (Å²) in [5.74, 6) is 1.63. The summed E-state index contributed by atoms with van der Waals surface area (Å²) in [7, 11) is 0. The summed E-state index contributed by atoms with van der Waals surface area (Å²) in [6, 6.07) is 21.1. The van der Waals surface area contributed by atoms with Crippen LogP contribution >= 0.6 is 23.4 Å². The second kappa shape index (κ2) is 9.03. The number of furan rings is 1. The zero-order valence-electron chi connectivity index (χ0n) is 15.4. The highest BCUT2D eigenvalue weighted by atomic mass is 35.5. The molecule has 0 aliphatic rings. The summed E-state index contributed by atoms with van der Waals surface area (Å²) in [5, 5.41) is 4.30. The van der Waals surface area contributed by atoms with Crippen molar-refractivity contribution in [1.82, 2.24) is 15.3 Å². The predicted molar refractivity (Wildman–Crippen MR) is 116 cm³/mol. The van der Waals surface area contributed by atoms with Crippen LogP contribution in [0.4, 0.5) is 0 Å². The normalized spacial score (nSPS) is 10.8. The van der Waals surface area contributed by atoms with E-state index in [1.54, 1.807) is 12.3 Å². The number of halogens is 1. The highest BCUT2D eigenvalue weighted by Crippen LogP contribution is 2.32. The van der Waals surface area contributed by atoms with Gasteiger partial charge in [-0.3, -0.25) is 4.79 Å². The molecule has 4 rings (SSSR count). The van der Waals surface area contributed by atoms with Gasteiger partial charge in [-0.25, -0.2) is 4.98 Å². The fourth-order valence-electron chi connectivity index (χ4n) is 2.79. The third-order valence-corrected chi connectivity index (χ3v) is 5.46. The van der Waals surface area contributed by atoms with Crippen LogP contribution in [0.2, 0.25) is 5.02 Å². The lowest BCUT2D eigenvalue weighted by Gasteiger charge is -2.04. The molecule has 0 atom stereocenters. The van der Waals surface area contributed by atoms with E-state index in [0.717, 1.165) is 33.4 Å². The number of carbonyl (C=O) groups is 1. The number of hydrogen-bond donors (Lipinski definition) is 2. The zero-order valence-corrected chi connectivity index (χ0v) is 17.0. The molecule has 0 spiro atoms. The second-order valence-corrected chi connectivity index (χ2v) is 7.68. The van der Waals surface area contributed by atoms with Crippen molar-refractivity contribution in [3.05, 3.63) is 83.8 Å². The maximum Gasteiger partial charge on any atom is 0.230 e. The van der Waals surface area contributed by atoms with Crippen LogP contribution in [0.15, 0.2) is 82.4 Å². The molecule has 29 heavy (non-hydrogen) atoms. The van der Waals surface area contributed by atoms with Gasteiger partial charge in [0, 0.05) is 16.1 Å². The minimum atomic E-state index is -0.0820. The summed E-state index contributed by atoms with van der Waals surface area (Å²) >= 11 is 7.39. The van der Waals surface area contributed by atoms with Gasteiger partial charge in [-0.1, -0.05) is 53.7 Å². The first-order valence-electron chi connectivity index (χ1n) is 9.02. The van der Waals surface area contributed by atoms with Gasteiger partial charge in [0.2, 0.25) is 5.91 Å². The summed E-state index contributed by atoms with van der Waals surface area (Å²) < 4.78 is 5.24. The highest BCUT2D eigenvalue weighted by molar-refractivity contribution is 8.00. The molecule has 0 radical (unpaired) electrons. The van der Waals surface area contributed by atoms with E-state index < -0.39 is 0 Å². The van der Waals surface area contributed by atoms with Crippen LogP contribution in [0.3, 0.4) is 0 Å². The maximum absolute atomic E-state index is 12.2. The summed E-state index contributed by atoms with van der Waals surface area (Å²) in [5.41, 5.74) is 2.83. The van der Waals surface area contributed by atoms with E-state index in [0.29, 0.717) is 11.6 Å². The fourth-order valence-corrected chi connectivity index (χ4v) is 3.76. The van der Waals surface area contributed by atoms with Crippen LogP contribution in [0, 0.1) is 0 Å². The van der Waals surface area contributed by atoms with Crippen LogP contribution in [0.1, 0.15) is 5.76 Å². The van der Waals surface area contributed by atoms with Gasteiger partial charge in [0.15, 0.2) is 0 Å². The topological polar surface area (TPSA) is 70.9 Å². The van der Waals surface area contributed by atoms with Crippen molar-refractivity contribution >= 4 is 29.3 Å². The van der Waals surface area contributed by atoms with Gasteiger partial charge in [0.25, 0.3) is 0 Å². The molecule has 0 saturated heterocycles. The molecule has 2 heterocycles. The van der Waals surface area contributed by atoms with E-state index in [4.69, 9.17) is 21.0 Å². The molecular weight excluding hydrogens is 406 g/mol. The first-order valence-corrected chi connectivity index (χ1v) is 10.4. The maximum atomic E-state index is 12.2. The Morgan fingerprint density at radius 1 is 1.03 bits per heavy atom. The summed E-state index contributed by atoms with van der Waals surface area (Å²) in [6.07, 6.45) is 1.59. The Labute approximate surface area is 177 Å². The van der Waals surface area contributed by atoms with Gasteiger partial charge in [-0.2, -0.15) is 0 Å². The summed E-state index contributed by atoms with van der Waals surface area (Å²) in [4.78, 5) is 20.4. The molecule has 7 heteroatoms. The van der Waals surface area contributed by atoms with Crippen molar-refractivity contribution in [3.63, 3.8) is 0 Å². The van der Waals surface area contributed by atoms with E-state index in [1.165, 1.54) is 11.8 Å². The van der Waals surface area contributed by atoms with E-state index >= 15 is 0 Å². The number of hydrogen-bond acceptors (Lipinski definition) is 4. The highest BCUT2D eigenvalue weighted by Gasteiger charge is 2.15. The molecule has 0 unspecified atom stereocenters. The predicted octanol–water partition coefficient (Wildman–Crippen LogP) is 5.40. The van der Waals surface area contributed by atoms with Crippen LogP contribution in [0.25, 0.3) is 22.6 Å². The van der Waals surface area contributed by atoms with E-state index in [-0.39, 0.29) is 11.7 Å². The number of benzene rings is 2.